The molecule has 0 amide bonds. The van der Waals surface area contributed by atoms with Gasteiger partial charge in [-0.2, -0.15) is 0 Å². The number of carbonyl (C=O) groups is 1. The summed E-state index contributed by atoms with van der Waals surface area (Å²) in [6, 6.07) is 3.84. The zero-order chi connectivity index (χ0) is 14.5. The highest BCUT2D eigenvalue weighted by molar-refractivity contribution is 7.99. The number of carboxylic acid groups (broad SMARTS) is 1. The molecule has 0 unspecified atom stereocenters. The summed E-state index contributed by atoms with van der Waals surface area (Å²) in [6.45, 7) is 0.588. The number of hydrogen-bond donors (Lipinski definition) is 2. The Morgan fingerprint density at radius 3 is 2.68 bits per heavy atom. The van der Waals surface area contributed by atoms with E-state index in [4.69, 9.17) is 15.0 Å². The largest absolute Gasteiger partial charge is 0.478 e. The molecular formula is C11H15NO5S2. The van der Waals surface area contributed by atoms with Crippen molar-refractivity contribution in [2.45, 2.75) is 16.2 Å². The van der Waals surface area contributed by atoms with Crippen molar-refractivity contribution in [1.29, 1.82) is 0 Å². The molecule has 0 aliphatic rings. The van der Waals surface area contributed by atoms with Crippen LogP contribution in [0.3, 0.4) is 0 Å². The normalized spacial score (nSPS) is 11.5. The Bertz CT molecular complexity index is 556. The van der Waals surface area contributed by atoms with E-state index in [2.05, 4.69) is 0 Å². The molecule has 0 aliphatic heterocycles. The molecule has 0 spiro atoms. The Morgan fingerprint density at radius 2 is 2.16 bits per heavy atom. The first-order valence-corrected chi connectivity index (χ1v) is 7.91. The van der Waals surface area contributed by atoms with Crippen LogP contribution in [0.1, 0.15) is 16.8 Å². The highest BCUT2D eigenvalue weighted by Crippen LogP contribution is 2.25. The molecule has 0 bridgehead atoms. The number of methoxy groups -OCH3 is 1. The van der Waals surface area contributed by atoms with Gasteiger partial charge in [0.2, 0.25) is 10.0 Å². The maximum absolute atomic E-state index is 11.2. The first-order valence-electron chi connectivity index (χ1n) is 5.38. The zero-order valence-corrected chi connectivity index (χ0v) is 12.0. The Hall–Kier alpha value is -1.09. The molecule has 1 aromatic rings. The Balaban J connectivity index is 2.96. The van der Waals surface area contributed by atoms with E-state index in [0.29, 0.717) is 17.3 Å². The number of aromatic carboxylic acids is 1. The van der Waals surface area contributed by atoms with Crippen LogP contribution in [0.4, 0.5) is 0 Å². The van der Waals surface area contributed by atoms with Gasteiger partial charge >= 0.3 is 5.97 Å². The van der Waals surface area contributed by atoms with Gasteiger partial charge in [0.05, 0.1) is 10.5 Å². The fourth-order valence-corrected chi connectivity index (χ4v) is 2.85. The molecular weight excluding hydrogens is 290 g/mol. The van der Waals surface area contributed by atoms with Gasteiger partial charge in [-0.15, -0.1) is 11.8 Å². The third kappa shape index (κ3) is 4.83. The van der Waals surface area contributed by atoms with E-state index in [9.17, 15) is 13.2 Å². The molecule has 106 valence electrons. The zero-order valence-electron chi connectivity index (χ0n) is 10.3. The Morgan fingerprint density at radius 1 is 1.47 bits per heavy atom. The second kappa shape index (κ2) is 6.90. The Kier molecular flexibility index (Phi) is 5.80. The summed E-state index contributed by atoms with van der Waals surface area (Å²) in [7, 11) is -2.31. The number of nitrogens with two attached hydrogens (primary N) is 1. The molecule has 0 radical (unpaired) electrons. The summed E-state index contributed by atoms with van der Waals surface area (Å²) in [5.41, 5.74) is -0.0612. The van der Waals surface area contributed by atoms with Crippen LogP contribution >= 0.6 is 11.8 Å². The molecule has 1 aromatic carbocycles. The van der Waals surface area contributed by atoms with Gasteiger partial charge in [0, 0.05) is 24.4 Å². The van der Waals surface area contributed by atoms with E-state index in [1.165, 1.54) is 23.9 Å². The fraction of sp³-hybridized carbons (Fsp3) is 0.364. The van der Waals surface area contributed by atoms with Crippen molar-refractivity contribution in [3.63, 3.8) is 0 Å². The lowest BCUT2D eigenvalue weighted by Gasteiger charge is -2.07. The standard InChI is InChI=1S/C11H15NO5S2/c1-17-5-2-6-18-10-4-3-8(19(12,15)16)7-9(10)11(13)14/h3-4,7H,2,5-6H2,1H3,(H,13,14)(H2,12,15,16). The van der Waals surface area contributed by atoms with Gasteiger partial charge in [-0.3, -0.25) is 0 Å². The second-order valence-corrected chi connectivity index (χ2v) is 6.40. The molecule has 6 nitrogen and oxygen atoms in total. The summed E-state index contributed by atoms with van der Waals surface area (Å²) in [5, 5.41) is 14.1. The number of ether oxygens (including phenoxy) is 1. The summed E-state index contributed by atoms with van der Waals surface area (Å²) in [6.07, 6.45) is 0.775. The number of rotatable bonds is 7. The number of primary sulfonamides is 1. The van der Waals surface area contributed by atoms with Gasteiger partial charge in [0.25, 0.3) is 0 Å². The maximum atomic E-state index is 11.2. The summed E-state index contributed by atoms with van der Waals surface area (Å²) in [4.78, 5) is 11.4. The van der Waals surface area contributed by atoms with Gasteiger partial charge in [-0.05, 0) is 24.6 Å². The van der Waals surface area contributed by atoms with Crippen LogP contribution in [0.25, 0.3) is 0 Å². The van der Waals surface area contributed by atoms with E-state index in [1.54, 1.807) is 7.11 Å². The molecule has 0 aromatic heterocycles. The average Bonchev–Trinajstić information content (AvgIpc) is 2.33. The first-order chi connectivity index (χ1) is 8.86. The van der Waals surface area contributed by atoms with E-state index in [0.717, 1.165) is 12.5 Å². The number of carboxylic acids is 1. The van der Waals surface area contributed by atoms with Crippen molar-refractivity contribution in [3.05, 3.63) is 23.8 Å². The quantitative estimate of drug-likeness (QED) is 0.578. The number of sulfonamides is 1. The van der Waals surface area contributed by atoms with Crippen LogP contribution in [0.5, 0.6) is 0 Å². The lowest BCUT2D eigenvalue weighted by Crippen LogP contribution is -2.13. The van der Waals surface area contributed by atoms with Crippen molar-refractivity contribution in [2.75, 3.05) is 19.5 Å². The molecule has 0 aliphatic carbocycles. The fourth-order valence-electron chi connectivity index (χ4n) is 1.36. The van der Waals surface area contributed by atoms with Crippen molar-refractivity contribution in [3.8, 4) is 0 Å². The minimum atomic E-state index is -3.90. The number of benzene rings is 1. The van der Waals surface area contributed by atoms with Crippen molar-refractivity contribution >= 4 is 27.8 Å². The SMILES string of the molecule is COCCCSc1ccc(S(N)(=O)=O)cc1C(=O)O. The lowest BCUT2D eigenvalue weighted by molar-refractivity contribution is 0.0693. The first kappa shape index (κ1) is 16.0. The molecule has 19 heavy (non-hydrogen) atoms. The smallest absolute Gasteiger partial charge is 0.336 e. The molecule has 3 N–H and O–H groups in total. The van der Waals surface area contributed by atoms with Crippen LogP contribution in [0, 0.1) is 0 Å². The Labute approximate surface area is 116 Å². The third-order valence-corrected chi connectivity index (χ3v) is 4.33. The molecule has 0 heterocycles. The monoisotopic (exact) mass is 305 g/mol. The minimum absolute atomic E-state index is 0.0612. The predicted molar refractivity (Wildman–Crippen MR) is 72.0 cm³/mol. The van der Waals surface area contributed by atoms with Crippen LogP contribution in [0.15, 0.2) is 28.0 Å². The second-order valence-electron chi connectivity index (χ2n) is 3.70. The summed E-state index contributed by atoms with van der Waals surface area (Å²) >= 11 is 1.34. The van der Waals surface area contributed by atoms with Gasteiger partial charge in [0.1, 0.15) is 0 Å². The van der Waals surface area contributed by atoms with Crippen LogP contribution < -0.4 is 5.14 Å². The minimum Gasteiger partial charge on any atom is -0.478 e. The summed E-state index contributed by atoms with van der Waals surface area (Å²) in [5.74, 6) is -0.497. The third-order valence-electron chi connectivity index (χ3n) is 2.26. The molecule has 0 atom stereocenters. The van der Waals surface area contributed by atoms with Gasteiger partial charge in [0.15, 0.2) is 0 Å². The molecule has 0 saturated carbocycles. The van der Waals surface area contributed by atoms with Gasteiger partial charge in [-0.25, -0.2) is 18.4 Å². The summed E-state index contributed by atoms with van der Waals surface area (Å²) < 4.78 is 27.3. The van der Waals surface area contributed by atoms with E-state index in [1.807, 2.05) is 0 Å². The van der Waals surface area contributed by atoms with Gasteiger partial charge < -0.3 is 9.84 Å². The molecule has 1 rings (SSSR count). The van der Waals surface area contributed by atoms with Crippen molar-refractivity contribution in [2.24, 2.45) is 5.14 Å². The topological polar surface area (TPSA) is 107 Å². The van der Waals surface area contributed by atoms with Crippen LogP contribution in [-0.4, -0.2) is 39.0 Å². The van der Waals surface area contributed by atoms with Crippen LogP contribution in [-0.2, 0) is 14.8 Å². The van der Waals surface area contributed by atoms with E-state index in [-0.39, 0.29) is 10.5 Å². The average molecular weight is 305 g/mol. The van der Waals surface area contributed by atoms with Crippen molar-refractivity contribution in [1.82, 2.24) is 0 Å². The molecule has 8 heteroatoms. The van der Waals surface area contributed by atoms with E-state index >= 15 is 0 Å². The van der Waals surface area contributed by atoms with Crippen LogP contribution in [0.2, 0.25) is 0 Å². The van der Waals surface area contributed by atoms with E-state index < -0.39 is 16.0 Å². The highest BCUT2D eigenvalue weighted by atomic mass is 32.2. The van der Waals surface area contributed by atoms with Crippen molar-refractivity contribution < 1.29 is 23.1 Å². The van der Waals surface area contributed by atoms with Gasteiger partial charge in [-0.1, -0.05) is 0 Å². The molecule has 0 saturated heterocycles. The highest BCUT2D eigenvalue weighted by Gasteiger charge is 2.16. The number of hydrogen-bond acceptors (Lipinski definition) is 5. The lowest BCUT2D eigenvalue weighted by atomic mass is 10.2. The maximum Gasteiger partial charge on any atom is 0.336 e. The number of thioether (sulfide) groups is 1. The molecule has 0 fully saturated rings. The predicted octanol–water partition coefficient (Wildman–Crippen LogP) is 1.16.